The average molecular weight is 390 g/mol. The highest BCUT2D eigenvalue weighted by Gasteiger charge is 2.21. The van der Waals surface area contributed by atoms with E-state index in [4.69, 9.17) is 17.4 Å². The van der Waals surface area contributed by atoms with E-state index in [9.17, 15) is 13.2 Å². The quantitative estimate of drug-likeness (QED) is 0.581. The third-order valence-electron chi connectivity index (χ3n) is 3.74. The van der Waals surface area contributed by atoms with Crippen LogP contribution in [0.25, 0.3) is 0 Å². The van der Waals surface area contributed by atoms with Gasteiger partial charge in [0.2, 0.25) is 10.0 Å². The number of sulfonamides is 1. The van der Waals surface area contributed by atoms with Gasteiger partial charge in [-0.25, -0.2) is 13.6 Å². The van der Waals surface area contributed by atoms with Crippen LogP contribution in [0.5, 0.6) is 0 Å². The fourth-order valence-corrected chi connectivity index (χ4v) is 3.08. The summed E-state index contributed by atoms with van der Waals surface area (Å²) in [7, 11) is -3.82. The first-order valence-electron chi connectivity index (χ1n) is 7.93. The van der Waals surface area contributed by atoms with Gasteiger partial charge < -0.3 is 16.0 Å². The van der Waals surface area contributed by atoms with Gasteiger partial charge in [0.1, 0.15) is 0 Å². The third kappa shape index (κ3) is 5.01. The highest BCUT2D eigenvalue weighted by Crippen LogP contribution is 2.19. The summed E-state index contributed by atoms with van der Waals surface area (Å²) in [6.45, 7) is 0. The van der Waals surface area contributed by atoms with Crippen molar-refractivity contribution >= 4 is 44.6 Å². The zero-order valence-electron chi connectivity index (χ0n) is 13.7. The Balaban J connectivity index is 1.63. The molecular weight excluding hydrogens is 372 g/mol. The molecule has 0 radical (unpaired) electrons. The van der Waals surface area contributed by atoms with Gasteiger partial charge in [0.05, 0.1) is 4.90 Å². The summed E-state index contributed by atoms with van der Waals surface area (Å²) >= 11 is 5.20. The number of primary sulfonamides is 1. The highest BCUT2D eigenvalue weighted by atomic mass is 32.2. The largest absolute Gasteiger partial charge is 0.360 e. The van der Waals surface area contributed by atoms with Crippen LogP contribution < -0.4 is 21.1 Å². The molecule has 1 aliphatic rings. The van der Waals surface area contributed by atoms with Gasteiger partial charge in [-0.3, -0.25) is 4.79 Å². The fourth-order valence-electron chi connectivity index (χ4n) is 2.24. The second-order valence-corrected chi connectivity index (χ2v) is 7.95. The summed E-state index contributed by atoms with van der Waals surface area (Å²) in [5.74, 6) is -0.359. The van der Waals surface area contributed by atoms with E-state index in [1.807, 2.05) is 0 Å². The molecule has 0 atom stereocenters. The molecule has 1 saturated carbocycles. The van der Waals surface area contributed by atoms with Gasteiger partial charge in [0.15, 0.2) is 5.11 Å². The van der Waals surface area contributed by atoms with Gasteiger partial charge in [-0.05, 0) is 67.5 Å². The second kappa shape index (κ2) is 7.40. The molecule has 3 rings (SSSR count). The van der Waals surface area contributed by atoms with Gasteiger partial charge in [-0.1, -0.05) is 6.07 Å². The van der Waals surface area contributed by atoms with Gasteiger partial charge >= 0.3 is 0 Å². The van der Waals surface area contributed by atoms with Gasteiger partial charge in [-0.15, -0.1) is 0 Å². The average Bonchev–Trinajstić information content (AvgIpc) is 3.38. The van der Waals surface area contributed by atoms with E-state index in [-0.39, 0.29) is 10.8 Å². The lowest BCUT2D eigenvalue weighted by Gasteiger charge is -2.10. The first-order chi connectivity index (χ1) is 12.3. The van der Waals surface area contributed by atoms with Crippen LogP contribution in [0.1, 0.15) is 23.2 Å². The molecule has 0 saturated heterocycles. The minimum Gasteiger partial charge on any atom is -0.360 e. The Bertz CT molecular complexity index is 939. The van der Waals surface area contributed by atoms with E-state index in [2.05, 4.69) is 16.0 Å². The van der Waals surface area contributed by atoms with E-state index in [1.54, 1.807) is 30.3 Å². The monoisotopic (exact) mass is 390 g/mol. The Kier molecular flexibility index (Phi) is 5.21. The molecule has 0 aliphatic heterocycles. The van der Waals surface area contributed by atoms with E-state index in [0.717, 1.165) is 18.5 Å². The normalized spacial score (nSPS) is 13.7. The lowest BCUT2D eigenvalue weighted by atomic mass is 10.2. The van der Waals surface area contributed by atoms with Gasteiger partial charge in [-0.2, -0.15) is 0 Å². The minimum atomic E-state index is -3.82. The lowest BCUT2D eigenvalue weighted by molar-refractivity contribution is 0.102. The molecule has 136 valence electrons. The molecule has 0 aromatic heterocycles. The third-order valence-corrected chi connectivity index (χ3v) is 4.87. The Hall–Kier alpha value is -2.49. The maximum absolute atomic E-state index is 12.3. The van der Waals surface area contributed by atoms with Crippen molar-refractivity contribution in [2.24, 2.45) is 5.14 Å². The zero-order valence-corrected chi connectivity index (χ0v) is 15.4. The summed E-state index contributed by atoms with van der Waals surface area (Å²) in [5.41, 5.74) is 1.55. The number of carbonyl (C=O) groups excluding carboxylic acids is 1. The van der Waals surface area contributed by atoms with Crippen LogP contribution in [0, 0.1) is 0 Å². The van der Waals surface area contributed by atoms with Crippen LogP contribution in [0.15, 0.2) is 53.4 Å². The van der Waals surface area contributed by atoms with Gasteiger partial charge in [0, 0.05) is 23.0 Å². The summed E-state index contributed by atoms with van der Waals surface area (Å²) in [6, 6.07) is 13.0. The standard InChI is InChI=1S/C17H18N4O3S2/c18-26(23,24)15-3-1-2-14(10-15)19-16(22)11-4-6-12(7-5-11)20-17(25)21-13-8-9-13/h1-7,10,13H,8-9H2,(H,19,22)(H2,18,23,24)(H2,20,21,25). The van der Waals surface area contributed by atoms with Crippen molar-refractivity contribution in [3.05, 3.63) is 54.1 Å². The van der Waals surface area contributed by atoms with Crippen molar-refractivity contribution in [3.63, 3.8) is 0 Å². The number of nitrogens with one attached hydrogen (secondary N) is 3. The molecule has 2 aromatic rings. The van der Waals surface area contributed by atoms with Crippen molar-refractivity contribution in [1.29, 1.82) is 0 Å². The van der Waals surface area contributed by atoms with Crippen LogP contribution >= 0.6 is 12.2 Å². The predicted molar refractivity (Wildman–Crippen MR) is 105 cm³/mol. The van der Waals surface area contributed by atoms with E-state index >= 15 is 0 Å². The SMILES string of the molecule is NS(=O)(=O)c1cccc(NC(=O)c2ccc(NC(=S)NC3CC3)cc2)c1. The molecule has 1 amide bonds. The van der Waals surface area contributed by atoms with Gasteiger partial charge in [0.25, 0.3) is 5.91 Å². The number of benzene rings is 2. The molecule has 0 spiro atoms. The number of hydrogen-bond donors (Lipinski definition) is 4. The minimum absolute atomic E-state index is 0.0634. The smallest absolute Gasteiger partial charge is 0.255 e. The molecule has 1 fully saturated rings. The summed E-state index contributed by atoms with van der Waals surface area (Å²) < 4.78 is 22.8. The van der Waals surface area contributed by atoms with E-state index in [0.29, 0.717) is 22.4 Å². The fraction of sp³-hybridized carbons (Fsp3) is 0.176. The van der Waals surface area contributed by atoms with Crippen LogP contribution in [-0.4, -0.2) is 25.5 Å². The van der Waals surface area contributed by atoms with Crippen LogP contribution in [0.3, 0.4) is 0 Å². The van der Waals surface area contributed by atoms with Crippen LogP contribution in [0.4, 0.5) is 11.4 Å². The first-order valence-corrected chi connectivity index (χ1v) is 9.88. The molecule has 7 nitrogen and oxygen atoms in total. The summed E-state index contributed by atoms with van der Waals surface area (Å²) in [6.07, 6.45) is 2.27. The Morgan fingerprint density at radius 3 is 2.35 bits per heavy atom. The number of rotatable bonds is 5. The molecule has 0 unspecified atom stereocenters. The molecular formula is C17H18N4O3S2. The molecule has 0 bridgehead atoms. The summed E-state index contributed by atoms with van der Waals surface area (Å²) in [5, 5.41) is 14.5. The number of thiocarbonyl (C=S) groups is 1. The molecule has 0 heterocycles. The van der Waals surface area contributed by atoms with E-state index in [1.165, 1.54) is 18.2 Å². The van der Waals surface area contributed by atoms with Crippen LogP contribution in [-0.2, 0) is 10.0 Å². The van der Waals surface area contributed by atoms with Crippen molar-refractivity contribution in [2.45, 2.75) is 23.8 Å². The van der Waals surface area contributed by atoms with Crippen LogP contribution in [0.2, 0.25) is 0 Å². The first kappa shape index (κ1) is 18.3. The lowest BCUT2D eigenvalue weighted by Crippen LogP contribution is -2.30. The highest BCUT2D eigenvalue weighted by molar-refractivity contribution is 7.89. The topological polar surface area (TPSA) is 113 Å². The molecule has 9 heteroatoms. The maximum Gasteiger partial charge on any atom is 0.255 e. The Labute approximate surface area is 157 Å². The Morgan fingerprint density at radius 2 is 1.73 bits per heavy atom. The maximum atomic E-state index is 12.3. The summed E-state index contributed by atoms with van der Waals surface area (Å²) in [4.78, 5) is 12.2. The van der Waals surface area contributed by atoms with Crippen molar-refractivity contribution < 1.29 is 13.2 Å². The number of amides is 1. The molecule has 2 aromatic carbocycles. The molecule has 26 heavy (non-hydrogen) atoms. The van der Waals surface area contributed by atoms with Crippen molar-refractivity contribution in [3.8, 4) is 0 Å². The second-order valence-electron chi connectivity index (χ2n) is 5.98. The number of hydrogen-bond acceptors (Lipinski definition) is 4. The number of anilines is 2. The number of nitrogens with two attached hydrogens (primary N) is 1. The van der Waals surface area contributed by atoms with Crippen molar-refractivity contribution in [2.75, 3.05) is 10.6 Å². The van der Waals surface area contributed by atoms with Crippen molar-refractivity contribution in [1.82, 2.24) is 5.32 Å². The molecule has 5 N–H and O–H groups in total. The van der Waals surface area contributed by atoms with E-state index < -0.39 is 10.0 Å². The zero-order chi connectivity index (χ0) is 18.7. The molecule has 1 aliphatic carbocycles. The Morgan fingerprint density at radius 1 is 1.04 bits per heavy atom. The number of carbonyl (C=O) groups is 1. The predicted octanol–water partition coefficient (Wildman–Crippen LogP) is 2.04.